The number of amides is 2. The molecule has 8 nitrogen and oxygen atoms in total. The maximum Gasteiger partial charge on any atom is 0.433 e. The molecule has 2 amide bonds. The molecule has 1 aromatic carbocycles. The standard InChI is InChI=1S/C22H12BrF3N6O2S/c23-14-16(31-32-8-4-7-28-19(14)32)20(34)30-15-13-11(10-5-2-1-3-6-10)9-12(22(24,25)26)29-21(13)35-17(15)18(27)33/h1-9H,(H2,27,33)(H,30,34). The number of carbonyl (C=O) groups is 2. The molecule has 0 fully saturated rings. The molecule has 0 unspecified atom stereocenters. The van der Waals surface area contributed by atoms with E-state index in [0.717, 1.165) is 6.07 Å². The number of rotatable bonds is 4. The maximum atomic E-state index is 13.6. The Labute approximate surface area is 206 Å². The number of anilines is 1. The topological polar surface area (TPSA) is 115 Å². The molecule has 5 rings (SSSR count). The van der Waals surface area contributed by atoms with Crippen LogP contribution >= 0.6 is 27.3 Å². The number of nitrogens with zero attached hydrogens (tertiary/aromatic N) is 4. The summed E-state index contributed by atoms with van der Waals surface area (Å²) >= 11 is 3.97. The van der Waals surface area contributed by atoms with E-state index >= 15 is 0 Å². The third-order valence-electron chi connectivity index (χ3n) is 5.05. The molecular weight excluding hydrogens is 549 g/mol. The van der Waals surface area contributed by atoms with Crippen LogP contribution in [0.1, 0.15) is 25.9 Å². The Morgan fingerprint density at radius 2 is 1.89 bits per heavy atom. The molecule has 0 aliphatic heterocycles. The summed E-state index contributed by atoms with van der Waals surface area (Å²) in [6, 6.07) is 10.8. The monoisotopic (exact) mass is 560 g/mol. The second-order valence-electron chi connectivity index (χ2n) is 7.27. The predicted molar refractivity (Wildman–Crippen MR) is 127 cm³/mol. The first-order chi connectivity index (χ1) is 16.6. The highest BCUT2D eigenvalue weighted by atomic mass is 79.9. The Morgan fingerprint density at radius 1 is 1.14 bits per heavy atom. The van der Waals surface area contributed by atoms with Gasteiger partial charge in [0.15, 0.2) is 11.3 Å². The summed E-state index contributed by atoms with van der Waals surface area (Å²) in [6.07, 6.45) is -1.61. The van der Waals surface area contributed by atoms with Crippen molar-refractivity contribution in [3.63, 3.8) is 0 Å². The fourth-order valence-electron chi connectivity index (χ4n) is 3.56. The first kappa shape index (κ1) is 22.9. The van der Waals surface area contributed by atoms with Gasteiger partial charge in [0, 0.05) is 17.8 Å². The van der Waals surface area contributed by atoms with Crippen molar-refractivity contribution in [1.82, 2.24) is 19.6 Å². The van der Waals surface area contributed by atoms with Crippen LogP contribution in [0.15, 0.2) is 59.3 Å². The molecule has 35 heavy (non-hydrogen) atoms. The van der Waals surface area contributed by atoms with Gasteiger partial charge in [0.05, 0.1) is 10.2 Å². The minimum Gasteiger partial charge on any atom is -0.365 e. The lowest BCUT2D eigenvalue weighted by atomic mass is 10.0. The minimum absolute atomic E-state index is 0.0420. The Hall–Kier alpha value is -3.84. The highest BCUT2D eigenvalue weighted by Crippen LogP contribution is 2.43. The van der Waals surface area contributed by atoms with E-state index in [9.17, 15) is 22.8 Å². The fraction of sp³-hybridized carbons (Fsp3) is 0.0455. The largest absolute Gasteiger partial charge is 0.433 e. The molecule has 0 atom stereocenters. The lowest BCUT2D eigenvalue weighted by molar-refractivity contribution is -0.140. The molecule has 0 aliphatic carbocycles. The lowest BCUT2D eigenvalue weighted by Gasteiger charge is -2.12. The summed E-state index contributed by atoms with van der Waals surface area (Å²) < 4.78 is 42.5. The number of nitrogens with one attached hydrogen (secondary N) is 1. The highest BCUT2D eigenvalue weighted by molar-refractivity contribution is 9.10. The number of thiophene rings is 1. The molecular formula is C22H12BrF3N6O2S. The summed E-state index contributed by atoms with van der Waals surface area (Å²) in [4.78, 5) is 33.1. The van der Waals surface area contributed by atoms with Gasteiger partial charge in [-0.05, 0) is 39.2 Å². The zero-order valence-corrected chi connectivity index (χ0v) is 19.7. The molecule has 4 heterocycles. The van der Waals surface area contributed by atoms with Gasteiger partial charge in [-0.25, -0.2) is 14.5 Å². The van der Waals surface area contributed by atoms with Crippen LogP contribution in [0, 0.1) is 0 Å². The Kier molecular flexibility index (Phi) is 5.52. The van der Waals surface area contributed by atoms with Crippen molar-refractivity contribution in [2.75, 3.05) is 5.32 Å². The van der Waals surface area contributed by atoms with E-state index in [-0.39, 0.29) is 32.0 Å². The number of alkyl halides is 3. The van der Waals surface area contributed by atoms with E-state index in [2.05, 4.69) is 36.3 Å². The Balaban J connectivity index is 1.73. The van der Waals surface area contributed by atoms with Gasteiger partial charge >= 0.3 is 6.18 Å². The Morgan fingerprint density at radius 3 is 2.54 bits per heavy atom. The van der Waals surface area contributed by atoms with Gasteiger partial charge in [-0.2, -0.15) is 18.3 Å². The van der Waals surface area contributed by atoms with E-state index in [1.54, 1.807) is 42.6 Å². The summed E-state index contributed by atoms with van der Waals surface area (Å²) in [7, 11) is 0. The molecule has 0 radical (unpaired) electrons. The van der Waals surface area contributed by atoms with Gasteiger partial charge in [0.25, 0.3) is 11.8 Å². The van der Waals surface area contributed by atoms with Gasteiger partial charge in [-0.15, -0.1) is 11.3 Å². The van der Waals surface area contributed by atoms with E-state index in [0.29, 0.717) is 27.0 Å². The number of hydrogen-bond donors (Lipinski definition) is 2. The number of aromatic nitrogens is 4. The average molecular weight is 561 g/mol. The van der Waals surface area contributed by atoms with Gasteiger partial charge in [0.1, 0.15) is 15.4 Å². The van der Waals surface area contributed by atoms with E-state index in [1.165, 1.54) is 10.7 Å². The van der Waals surface area contributed by atoms with Crippen molar-refractivity contribution in [2.24, 2.45) is 5.73 Å². The van der Waals surface area contributed by atoms with Crippen molar-refractivity contribution >= 4 is 60.6 Å². The number of halogens is 4. The van der Waals surface area contributed by atoms with Gasteiger partial charge < -0.3 is 11.1 Å². The number of fused-ring (bicyclic) bond motifs is 2. The minimum atomic E-state index is -4.73. The summed E-state index contributed by atoms with van der Waals surface area (Å²) in [6.45, 7) is 0. The number of nitrogens with two attached hydrogens (primary N) is 1. The van der Waals surface area contributed by atoms with E-state index < -0.39 is 23.7 Å². The normalized spacial score (nSPS) is 11.8. The van der Waals surface area contributed by atoms with Crippen LogP contribution in [-0.4, -0.2) is 31.4 Å². The number of hydrogen-bond acceptors (Lipinski definition) is 6. The zero-order valence-electron chi connectivity index (χ0n) is 17.3. The first-order valence-electron chi connectivity index (χ1n) is 9.85. The molecule has 0 saturated heterocycles. The quantitative estimate of drug-likeness (QED) is 0.316. The molecule has 13 heteroatoms. The number of benzene rings is 1. The molecule has 0 spiro atoms. The molecule has 176 valence electrons. The molecule has 0 bridgehead atoms. The van der Waals surface area contributed by atoms with Crippen molar-refractivity contribution in [2.45, 2.75) is 6.18 Å². The number of primary amides is 1. The third-order valence-corrected chi connectivity index (χ3v) is 6.88. The van der Waals surface area contributed by atoms with Crippen molar-refractivity contribution in [3.8, 4) is 11.1 Å². The van der Waals surface area contributed by atoms with E-state index in [4.69, 9.17) is 5.73 Å². The maximum absolute atomic E-state index is 13.6. The molecule has 4 aromatic heterocycles. The smallest absolute Gasteiger partial charge is 0.365 e. The van der Waals surface area contributed by atoms with Crippen molar-refractivity contribution in [1.29, 1.82) is 0 Å². The van der Waals surface area contributed by atoms with Crippen molar-refractivity contribution < 1.29 is 22.8 Å². The summed E-state index contributed by atoms with van der Waals surface area (Å²) in [5, 5.41) is 6.97. The van der Waals surface area contributed by atoms with Crippen LogP contribution in [0.4, 0.5) is 18.9 Å². The third kappa shape index (κ3) is 4.02. The zero-order chi connectivity index (χ0) is 24.9. The molecule has 0 saturated carbocycles. The fourth-order valence-corrected chi connectivity index (χ4v) is 5.11. The van der Waals surface area contributed by atoms with Crippen LogP contribution in [0.5, 0.6) is 0 Å². The van der Waals surface area contributed by atoms with Gasteiger partial charge in [-0.1, -0.05) is 30.3 Å². The van der Waals surface area contributed by atoms with Crippen LogP contribution in [-0.2, 0) is 6.18 Å². The van der Waals surface area contributed by atoms with Crippen LogP contribution < -0.4 is 11.1 Å². The summed E-state index contributed by atoms with van der Waals surface area (Å²) in [5.41, 5.74) is 5.27. The summed E-state index contributed by atoms with van der Waals surface area (Å²) in [5.74, 6) is -1.64. The molecule has 0 aliphatic rings. The highest BCUT2D eigenvalue weighted by Gasteiger charge is 2.35. The molecule has 5 aromatic rings. The Bertz CT molecular complexity index is 1630. The number of carbonyl (C=O) groups excluding carboxylic acids is 2. The second kappa shape index (κ2) is 8.43. The SMILES string of the molecule is NC(=O)c1sc2nc(C(F)(F)F)cc(-c3ccccc3)c2c1NC(=O)c1nn2cccnc2c1Br. The van der Waals surface area contributed by atoms with Crippen molar-refractivity contribution in [3.05, 3.63) is 75.6 Å². The van der Waals surface area contributed by atoms with Gasteiger partial charge in [0.2, 0.25) is 0 Å². The first-order valence-corrected chi connectivity index (χ1v) is 11.5. The second-order valence-corrected chi connectivity index (χ2v) is 9.07. The van der Waals surface area contributed by atoms with Crippen LogP contribution in [0.3, 0.4) is 0 Å². The van der Waals surface area contributed by atoms with Crippen LogP contribution in [0.25, 0.3) is 27.0 Å². The molecule has 3 N–H and O–H groups in total. The van der Waals surface area contributed by atoms with Crippen LogP contribution in [0.2, 0.25) is 0 Å². The predicted octanol–water partition coefficient (Wildman–Crippen LogP) is 5.14. The van der Waals surface area contributed by atoms with Gasteiger partial charge in [-0.3, -0.25) is 9.59 Å². The van der Waals surface area contributed by atoms with E-state index in [1.807, 2.05) is 0 Å². The number of pyridine rings is 1. The average Bonchev–Trinajstić information content (AvgIpc) is 3.37. The lowest BCUT2D eigenvalue weighted by Crippen LogP contribution is -2.17.